The molecule has 0 bridgehead atoms. The Morgan fingerprint density at radius 2 is 1.65 bits per heavy atom. The molecule has 5 atom stereocenters. The minimum Gasteiger partial charge on any atom is -0.502 e. The van der Waals surface area contributed by atoms with Gasteiger partial charge in [0.25, 0.3) is 0 Å². The summed E-state index contributed by atoms with van der Waals surface area (Å²) in [6.07, 6.45) is -6.80. The van der Waals surface area contributed by atoms with Crippen LogP contribution in [-0.4, -0.2) is 115 Å². The SMILES string of the molecule is COc1cc(C(=O)OC[C@@H]2O[C@@H](Oc3c(CCCN=C(N)N)cc(C(=O)O)cc3OC)[C@H](O)[C@@H](O)[C@@H]2O)cc(OCNCCC(C)C)c1O. The molecule has 17 heteroatoms. The molecule has 1 fully saturated rings. The number of phenolic OH excluding ortho intramolecular Hbond substituents is 1. The number of nitrogens with one attached hydrogen (secondary N) is 1. The van der Waals surface area contributed by atoms with Crippen LogP contribution in [0.15, 0.2) is 29.3 Å². The van der Waals surface area contributed by atoms with Gasteiger partial charge in [0.1, 0.15) is 37.8 Å². The zero-order valence-corrected chi connectivity index (χ0v) is 27.8. The van der Waals surface area contributed by atoms with Crippen LogP contribution in [0, 0.1) is 5.92 Å². The zero-order chi connectivity index (χ0) is 36.2. The lowest BCUT2D eigenvalue weighted by atomic mass is 9.99. The van der Waals surface area contributed by atoms with E-state index in [1.807, 2.05) is 0 Å². The highest BCUT2D eigenvalue weighted by Crippen LogP contribution is 2.38. The van der Waals surface area contributed by atoms with Crippen LogP contribution in [0.2, 0.25) is 0 Å². The standard InChI is InChI=1S/C32H46N4O13/c1-16(2)7-9-35-15-47-21-13-19(12-20(44-3)24(21)37)30(43)46-14-23-25(38)26(39)27(40)31(48-23)49-28-17(6-5-8-36-32(33)34)10-18(29(41)42)11-22(28)45-4/h10-13,16,23,25-27,31,35,37-40H,5-9,14-15H2,1-4H3,(H,41,42)(H4,33,34,36)/t23-,25+,26-,27+,31-/m0/s1. The molecule has 0 radical (unpaired) electrons. The van der Waals surface area contributed by atoms with Crippen LogP contribution in [0.3, 0.4) is 0 Å². The van der Waals surface area contributed by atoms with E-state index in [9.17, 15) is 35.1 Å². The predicted octanol–water partition coefficient (Wildman–Crippen LogP) is 0.329. The van der Waals surface area contributed by atoms with Gasteiger partial charge in [-0.25, -0.2) is 9.59 Å². The highest BCUT2D eigenvalue weighted by atomic mass is 16.7. The summed E-state index contributed by atoms with van der Waals surface area (Å²) in [7, 11) is 2.59. The number of carboxylic acids is 1. The van der Waals surface area contributed by atoms with Crippen molar-refractivity contribution in [3.8, 4) is 28.7 Å². The fourth-order valence-electron chi connectivity index (χ4n) is 4.80. The van der Waals surface area contributed by atoms with E-state index < -0.39 is 49.3 Å². The summed E-state index contributed by atoms with van der Waals surface area (Å²) in [5, 5.41) is 55.2. The smallest absolute Gasteiger partial charge is 0.338 e. The van der Waals surface area contributed by atoms with Gasteiger partial charge in [-0.2, -0.15) is 0 Å². The largest absolute Gasteiger partial charge is 0.502 e. The van der Waals surface area contributed by atoms with Crippen LogP contribution in [0.1, 0.15) is 53.0 Å². The molecule has 2 aromatic carbocycles. The van der Waals surface area contributed by atoms with Gasteiger partial charge < -0.3 is 65.4 Å². The number of aliphatic hydroxyl groups is 3. The highest BCUT2D eigenvalue weighted by Gasteiger charge is 2.46. The van der Waals surface area contributed by atoms with Gasteiger partial charge in [-0.05, 0) is 61.6 Å². The highest BCUT2D eigenvalue weighted by molar-refractivity contribution is 5.91. The first-order valence-electron chi connectivity index (χ1n) is 15.5. The number of aromatic hydroxyl groups is 1. The molecule has 3 rings (SSSR count). The molecular formula is C32H46N4O13. The molecule has 0 unspecified atom stereocenters. The Balaban J connectivity index is 1.77. The van der Waals surface area contributed by atoms with Crippen molar-refractivity contribution in [2.24, 2.45) is 22.4 Å². The van der Waals surface area contributed by atoms with E-state index in [0.29, 0.717) is 24.4 Å². The predicted molar refractivity (Wildman–Crippen MR) is 174 cm³/mol. The van der Waals surface area contributed by atoms with Gasteiger partial charge in [0, 0.05) is 6.54 Å². The maximum absolute atomic E-state index is 13.1. The minimum absolute atomic E-state index is 0.00278. The van der Waals surface area contributed by atoms with Crippen molar-refractivity contribution < 1.29 is 63.5 Å². The Kier molecular flexibility index (Phi) is 14.5. The molecule has 10 N–H and O–H groups in total. The van der Waals surface area contributed by atoms with Gasteiger partial charge in [-0.15, -0.1) is 0 Å². The lowest BCUT2D eigenvalue weighted by Gasteiger charge is -2.40. The number of aliphatic imine (C=N–C) groups is 1. The number of aryl methyl sites for hydroxylation is 1. The van der Waals surface area contributed by atoms with Crippen molar-refractivity contribution in [1.82, 2.24) is 5.32 Å². The van der Waals surface area contributed by atoms with Crippen molar-refractivity contribution in [3.63, 3.8) is 0 Å². The number of methoxy groups -OCH3 is 2. The number of carbonyl (C=O) groups excluding carboxylic acids is 1. The van der Waals surface area contributed by atoms with E-state index in [4.69, 9.17) is 39.9 Å². The number of hydrogen-bond donors (Lipinski definition) is 8. The summed E-state index contributed by atoms with van der Waals surface area (Å²) in [5.74, 6) is -2.19. The molecule has 0 aromatic heterocycles. The van der Waals surface area contributed by atoms with Gasteiger partial charge in [0.05, 0.1) is 25.3 Å². The number of aromatic carboxylic acids is 1. The van der Waals surface area contributed by atoms with E-state index in [-0.39, 0.29) is 65.5 Å². The summed E-state index contributed by atoms with van der Waals surface area (Å²) in [6, 6.07) is 5.06. The Bertz CT molecular complexity index is 1450. The third kappa shape index (κ3) is 10.7. The first kappa shape index (κ1) is 38.9. The lowest BCUT2D eigenvalue weighted by Crippen LogP contribution is -2.60. The molecule has 0 amide bonds. The summed E-state index contributed by atoms with van der Waals surface area (Å²) in [5.41, 5.74) is 11.0. The van der Waals surface area contributed by atoms with E-state index in [0.717, 1.165) is 6.42 Å². The van der Waals surface area contributed by atoms with Crippen LogP contribution < -0.4 is 35.7 Å². The number of carboxylic acid groups (broad SMARTS) is 1. The second kappa shape index (κ2) is 18.3. The van der Waals surface area contributed by atoms with Gasteiger partial charge in [0.2, 0.25) is 12.0 Å². The monoisotopic (exact) mass is 694 g/mol. The molecule has 1 heterocycles. The Morgan fingerprint density at radius 3 is 2.29 bits per heavy atom. The summed E-state index contributed by atoms with van der Waals surface area (Å²) >= 11 is 0. The number of nitrogens with zero attached hydrogens (tertiary/aromatic N) is 1. The maximum atomic E-state index is 13.1. The molecule has 0 spiro atoms. The van der Waals surface area contributed by atoms with Crippen molar-refractivity contribution in [3.05, 3.63) is 41.0 Å². The minimum atomic E-state index is -1.80. The number of benzene rings is 2. The molecule has 49 heavy (non-hydrogen) atoms. The average molecular weight is 695 g/mol. The van der Waals surface area contributed by atoms with Crippen LogP contribution in [-0.2, 0) is 15.9 Å². The molecule has 1 aliphatic rings. The number of hydrogen-bond acceptors (Lipinski definition) is 14. The number of guanidine groups is 1. The van der Waals surface area contributed by atoms with Gasteiger partial charge in [-0.1, -0.05) is 13.8 Å². The fourth-order valence-corrected chi connectivity index (χ4v) is 4.80. The first-order chi connectivity index (χ1) is 23.3. The van der Waals surface area contributed by atoms with E-state index in [2.05, 4.69) is 24.2 Å². The van der Waals surface area contributed by atoms with Crippen LogP contribution in [0.4, 0.5) is 0 Å². The molecular weight excluding hydrogens is 648 g/mol. The summed E-state index contributed by atoms with van der Waals surface area (Å²) in [6.45, 7) is 4.51. The summed E-state index contributed by atoms with van der Waals surface area (Å²) in [4.78, 5) is 28.8. The van der Waals surface area contributed by atoms with E-state index >= 15 is 0 Å². The topological polar surface area (TPSA) is 267 Å². The summed E-state index contributed by atoms with van der Waals surface area (Å²) < 4.78 is 33.2. The average Bonchev–Trinajstić information content (AvgIpc) is 3.06. The second-order valence-electron chi connectivity index (χ2n) is 11.6. The first-order valence-corrected chi connectivity index (χ1v) is 15.5. The van der Waals surface area contributed by atoms with Crippen LogP contribution in [0.25, 0.3) is 0 Å². The van der Waals surface area contributed by atoms with Crippen LogP contribution >= 0.6 is 0 Å². The van der Waals surface area contributed by atoms with Crippen molar-refractivity contribution >= 4 is 17.9 Å². The third-order valence-corrected chi connectivity index (χ3v) is 7.50. The second-order valence-corrected chi connectivity index (χ2v) is 11.6. The number of ether oxygens (including phenoxy) is 6. The third-order valence-electron chi connectivity index (χ3n) is 7.50. The van der Waals surface area contributed by atoms with E-state index in [1.165, 1.54) is 38.5 Å². The number of phenols is 1. The molecule has 1 aliphatic heterocycles. The normalized spacial score (nSPS) is 20.4. The number of aliphatic hydroxyl groups excluding tert-OH is 3. The van der Waals surface area contributed by atoms with Crippen LogP contribution in [0.5, 0.6) is 28.7 Å². The van der Waals surface area contributed by atoms with Crippen molar-refractivity contribution in [2.75, 3.05) is 40.6 Å². The number of carbonyl (C=O) groups is 2. The van der Waals surface area contributed by atoms with Gasteiger partial charge in [0.15, 0.2) is 29.0 Å². The quantitative estimate of drug-likeness (QED) is 0.0343. The molecule has 272 valence electrons. The van der Waals surface area contributed by atoms with Gasteiger partial charge in [-0.3, -0.25) is 10.3 Å². The fraction of sp³-hybridized carbons (Fsp3) is 0.531. The lowest BCUT2D eigenvalue weighted by molar-refractivity contribution is -0.277. The molecule has 17 nitrogen and oxygen atoms in total. The Hall–Kier alpha value is -4.55. The Labute approximate surface area is 283 Å². The van der Waals surface area contributed by atoms with Gasteiger partial charge >= 0.3 is 11.9 Å². The molecule has 2 aromatic rings. The van der Waals surface area contributed by atoms with Crippen molar-refractivity contribution in [1.29, 1.82) is 0 Å². The Morgan fingerprint density at radius 1 is 0.980 bits per heavy atom. The number of esters is 1. The molecule has 1 saturated heterocycles. The van der Waals surface area contributed by atoms with Crippen molar-refractivity contribution in [2.45, 2.75) is 63.8 Å². The molecule has 0 aliphatic carbocycles. The molecule has 0 saturated carbocycles. The maximum Gasteiger partial charge on any atom is 0.338 e. The number of nitrogens with two attached hydrogens (primary N) is 2. The number of rotatable bonds is 18. The zero-order valence-electron chi connectivity index (χ0n) is 27.8. The van der Waals surface area contributed by atoms with E-state index in [1.54, 1.807) is 0 Å².